The van der Waals surface area contributed by atoms with E-state index >= 15 is 0 Å². The van der Waals surface area contributed by atoms with Gasteiger partial charge in [-0.15, -0.1) is 0 Å². The van der Waals surface area contributed by atoms with Gasteiger partial charge in [0.15, 0.2) is 0 Å². The average molecular weight is 286 g/mol. The molecule has 0 bridgehead atoms. The Kier molecular flexibility index (Phi) is 4.93. The number of aliphatic carboxylic acids is 1. The monoisotopic (exact) mass is 286 g/mol. The van der Waals surface area contributed by atoms with E-state index in [4.69, 9.17) is 9.84 Å². The average Bonchev–Trinajstić information content (AvgIpc) is 2.46. The van der Waals surface area contributed by atoms with E-state index in [9.17, 15) is 9.59 Å². The van der Waals surface area contributed by atoms with Crippen LogP contribution in [0.4, 0.5) is 0 Å². The van der Waals surface area contributed by atoms with E-state index in [0.717, 1.165) is 16.3 Å². The number of carboxylic acid groups (broad SMARTS) is 1. The zero-order valence-electron chi connectivity index (χ0n) is 11.9. The van der Waals surface area contributed by atoms with Crippen LogP contribution in [0.3, 0.4) is 0 Å². The quantitative estimate of drug-likeness (QED) is 0.829. The van der Waals surface area contributed by atoms with Crippen molar-refractivity contribution in [1.29, 1.82) is 0 Å². The Morgan fingerprint density at radius 1 is 1.14 bits per heavy atom. The van der Waals surface area contributed by atoms with Crippen molar-refractivity contribution < 1.29 is 19.4 Å². The van der Waals surface area contributed by atoms with Gasteiger partial charge in [-0.1, -0.05) is 42.5 Å². The van der Waals surface area contributed by atoms with Crippen LogP contribution in [0.5, 0.6) is 0 Å². The van der Waals surface area contributed by atoms with Gasteiger partial charge in [-0.3, -0.25) is 9.59 Å². The molecule has 110 valence electrons. The van der Waals surface area contributed by atoms with Crippen molar-refractivity contribution in [2.24, 2.45) is 5.92 Å². The van der Waals surface area contributed by atoms with Crippen LogP contribution in [0.2, 0.25) is 0 Å². The minimum absolute atomic E-state index is 0.220. The molecule has 0 heterocycles. The molecule has 4 heteroatoms. The summed E-state index contributed by atoms with van der Waals surface area (Å²) in [5.74, 6) is -2.10. The van der Waals surface area contributed by atoms with Crippen molar-refractivity contribution in [3.05, 3.63) is 48.0 Å². The topological polar surface area (TPSA) is 63.6 Å². The molecule has 0 saturated carbocycles. The summed E-state index contributed by atoms with van der Waals surface area (Å²) in [6, 6.07) is 13.7. The highest BCUT2D eigenvalue weighted by Gasteiger charge is 2.24. The van der Waals surface area contributed by atoms with E-state index in [1.54, 1.807) is 6.92 Å². The molecule has 0 amide bonds. The molecule has 2 aromatic carbocycles. The van der Waals surface area contributed by atoms with E-state index in [0.29, 0.717) is 6.42 Å². The zero-order valence-corrected chi connectivity index (χ0v) is 11.9. The number of ether oxygens (including phenoxy) is 1. The summed E-state index contributed by atoms with van der Waals surface area (Å²) in [5, 5.41) is 11.1. The summed E-state index contributed by atoms with van der Waals surface area (Å²) < 4.78 is 4.99. The van der Waals surface area contributed by atoms with Crippen molar-refractivity contribution in [3.63, 3.8) is 0 Å². The third kappa shape index (κ3) is 3.81. The summed E-state index contributed by atoms with van der Waals surface area (Å²) in [4.78, 5) is 22.9. The summed E-state index contributed by atoms with van der Waals surface area (Å²) in [7, 11) is 0. The van der Waals surface area contributed by atoms with E-state index in [1.807, 2.05) is 42.5 Å². The second-order valence-corrected chi connectivity index (χ2v) is 4.89. The Balaban J connectivity index is 2.29. The third-order valence-corrected chi connectivity index (χ3v) is 3.39. The first-order valence-corrected chi connectivity index (χ1v) is 6.97. The number of carbonyl (C=O) groups is 2. The minimum Gasteiger partial charge on any atom is -0.481 e. The molecular formula is C17H18O4. The van der Waals surface area contributed by atoms with Crippen molar-refractivity contribution in [3.8, 4) is 0 Å². The molecule has 4 nitrogen and oxygen atoms in total. The van der Waals surface area contributed by atoms with Crippen LogP contribution in [0.25, 0.3) is 10.8 Å². The summed E-state index contributed by atoms with van der Waals surface area (Å²) in [5.41, 5.74) is 0.965. The summed E-state index contributed by atoms with van der Waals surface area (Å²) in [6.45, 7) is 1.97. The molecule has 0 saturated heterocycles. The number of benzene rings is 2. The van der Waals surface area contributed by atoms with Crippen LogP contribution in [-0.2, 0) is 20.7 Å². The van der Waals surface area contributed by atoms with Gasteiger partial charge in [0.2, 0.25) is 0 Å². The SMILES string of the molecule is CCOC(=O)C(CC(=O)O)Cc1cccc2ccccc12. The number of rotatable bonds is 6. The largest absolute Gasteiger partial charge is 0.481 e. The second kappa shape index (κ2) is 6.88. The molecule has 1 unspecified atom stereocenters. The molecule has 21 heavy (non-hydrogen) atoms. The highest BCUT2D eigenvalue weighted by molar-refractivity contribution is 5.87. The number of hydrogen-bond donors (Lipinski definition) is 1. The van der Waals surface area contributed by atoms with Gasteiger partial charge in [-0.05, 0) is 29.7 Å². The Morgan fingerprint density at radius 2 is 1.86 bits per heavy atom. The smallest absolute Gasteiger partial charge is 0.309 e. The Morgan fingerprint density at radius 3 is 2.57 bits per heavy atom. The summed E-state index contributed by atoms with van der Waals surface area (Å²) >= 11 is 0. The van der Waals surface area contributed by atoms with Crippen molar-refractivity contribution in [1.82, 2.24) is 0 Å². The summed E-state index contributed by atoms with van der Waals surface area (Å²) in [6.07, 6.45) is 0.147. The lowest BCUT2D eigenvalue weighted by molar-refractivity contribution is -0.152. The molecule has 0 fully saturated rings. The number of esters is 1. The van der Waals surface area contributed by atoms with Gasteiger partial charge in [0.05, 0.1) is 18.9 Å². The number of carboxylic acids is 1. The van der Waals surface area contributed by atoms with Gasteiger partial charge in [0, 0.05) is 0 Å². The maximum absolute atomic E-state index is 11.9. The molecule has 1 N–H and O–H groups in total. The number of fused-ring (bicyclic) bond motifs is 1. The minimum atomic E-state index is -0.992. The molecule has 0 aliphatic rings. The molecule has 0 aliphatic carbocycles. The molecular weight excluding hydrogens is 268 g/mol. The predicted molar refractivity (Wildman–Crippen MR) is 80.0 cm³/mol. The fraction of sp³-hybridized carbons (Fsp3) is 0.294. The van der Waals surface area contributed by atoms with Crippen LogP contribution in [-0.4, -0.2) is 23.7 Å². The lowest BCUT2D eigenvalue weighted by Crippen LogP contribution is -2.23. The second-order valence-electron chi connectivity index (χ2n) is 4.89. The van der Waals surface area contributed by atoms with Gasteiger partial charge in [0.1, 0.15) is 0 Å². The van der Waals surface area contributed by atoms with Gasteiger partial charge < -0.3 is 9.84 Å². The Labute approximate surface area is 123 Å². The molecule has 2 aromatic rings. The molecule has 1 atom stereocenters. The maximum atomic E-state index is 11.9. The lowest BCUT2D eigenvalue weighted by Gasteiger charge is -2.15. The first-order chi connectivity index (χ1) is 10.1. The normalized spacial score (nSPS) is 12.0. The molecule has 0 aromatic heterocycles. The van der Waals surface area contributed by atoms with Crippen LogP contribution < -0.4 is 0 Å². The number of carbonyl (C=O) groups excluding carboxylic acids is 1. The van der Waals surface area contributed by atoms with Gasteiger partial charge in [-0.2, -0.15) is 0 Å². The van der Waals surface area contributed by atoms with E-state index in [1.165, 1.54) is 0 Å². The Hall–Kier alpha value is -2.36. The fourth-order valence-electron chi connectivity index (χ4n) is 2.45. The lowest BCUT2D eigenvalue weighted by atomic mass is 9.93. The maximum Gasteiger partial charge on any atom is 0.309 e. The number of hydrogen-bond acceptors (Lipinski definition) is 3. The van der Waals surface area contributed by atoms with Crippen molar-refractivity contribution in [2.45, 2.75) is 19.8 Å². The molecule has 0 aliphatic heterocycles. The van der Waals surface area contributed by atoms with E-state index in [-0.39, 0.29) is 13.0 Å². The van der Waals surface area contributed by atoms with Crippen LogP contribution >= 0.6 is 0 Å². The molecule has 2 rings (SSSR count). The predicted octanol–water partition coefficient (Wildman–Crippen LogP) is 3.04. The van der Waals surface area contributed by atoms with E-state index < -0.39 is 17.9 Å². The third-order valence-electron chi connectivity index (χ3n) is 3.39. The fourth-order valence-corrected chi connectivity index (χ4v) is 2.45. The molecule has 0 spiro atoms. The Bertz CT molecular complexity index is 643. The standard InChI is InChI=1S/C17H18O4/c1-2-21-17(20)14(11-16(18)19)10-13-8-5-7-12-6-3-4-9-15(12)13/h3-9,14H,2,10-11H2,1H3,(H,18,19). The van der Waals surface area contributed by atoms with Crippen LogP contribution in [0.15, 0.2) is 42.5 Å². The van der Waals surface area contributed by atoms with Crippen LogP contribution in [0.1, 0.15) is 18.9 Å². The first kappa shape index (κ1) is 15.0. The van der Waals surface area contributed by atoms with Gasteiger partial charge in [0.25, 0.3) is 0 Å². The zero-order chi connectivity index (χ0) is 15.2. The van der Waals surface area contributed by atoms with Crippen molar-refractivity contribution in [2.75, 3.05) is 6.61 Å². The highest BCUT2D eigenvalue weighted by Crippen LogP contribution is 2.23. The first-order valence-electron chi connectivity index (χ1n) is 6.97. The van der Waals surface area contributed by atoms with Crippen LogP contribution in [0, 0.1) is 5.92 Å². The van der Waals surface area contributed by atoms with Crippen molar-refractivity contribution >= 4 is 22.7 Å². The van der Waals surface area contributed by atoms with E-state index in [2.05, 4.69) is 0 Å². The van der Waals surface area contributed by atoms with Gasteiger partial charge in [-0.25, -0.2) is 0 Å². The highest BCUT2D eigenvalue weighted by atomic mass is 16.5. The van der Waals surface area contributed by atoms with Gasteiger partial charge >= 0.3 is 11.9 Å². The molecule has 0 radical (unpaired) electrons.